The van der Waals surface area contributed by atoms with Crippen molar-refractivity contribution in [1.82, 2.24) is 15.1 Å². The molecule has 5 rings (SSSR count). The molecule has 0 unspecified atom stereocenters. The van der Waals surface area contributed by atoms with Gasteiger partial charge in [-0.1, -0.05) is 12.8 Å². The number of halogens is 1. The zero-order valence-electron chi connectivity index (χ0n) is 21.6. The molecule has 1 N–H and O–H groups in total. The Hall–Kier alpha value is -0.760. The lowest BCUT2D eigenvalue weighted by Gasteiger charge is -2.34. The number of amides is 2. The van der Waals surface area contributed by atoms with E-state index in [1.165, 1.54) is 0 Å². The Labute approximate surface area is 258 Å². The molecule has 1 aliphatic carbocycles. The SMILES string of the molecule is CN1CCN(c2ccc(C(=O)N[C@H](C(=O)N3C[C@@H](Cl)[C@H]4OCC(=O)[C@H]43)C3CCCC3)cc2)CC1.S.S.S.S. The van der Waals surface area contributed by atoms with Gasteiger partial charge in [0.05, 0.1) is 5.38 Å². The lowest BCUT2D eigenvalue weighted by Crippen LogP contribution is -2.54. The summed E-state index contributed by atoms with van der Waals surface area (Å²) in [5.74, 6) is -0.530. The van der Waals surface area contributed by atoms with Crippen LogP contribution >= 0.6 is 65.6 Å². The van der Waals surface area contributed by atoms with Crippen LogP contribution in [0, 0.1) is 5.92 Å². The molecule has 3 saturated heterocycles. The maximum atomic E-state index is 13.7. The lowest BCUT2D eigenvalue weighted by molar-refractivity contribution is -0.139. The predicted octanol–water partition coefficient (Wildman–Crippen LogP) is 1.96. The average Bonchev–Trinajstić information content (AvgIpc) is 3.58. The van der Waals surface area contributed by atoms with Crippen LogP contribution in [0.3, 0.4) is 0 Å². The van der Waals surface area contributed by atoms with Crippen LogP contribution < -0.4 is 10.2 Å². The Morgan fingerprint density at radius 3 is 2.21 bits per heavy atom. The fraction of sp³-hybridized carbons (Fsp3) is 0.640. The highest BCUT2D eigenvalue weighted by Crippen LogP contribution is 2.34. The Morgan fingerprint density at radius 1 is 1.00 bits per heavy atom. The maximum absolute atomic E-state index is 13.7. The summed E-state index contributed by atoms with van der Waals surface area (Å²) < 4.78 is 5.54. The van der Waals surface area contributed by atoms with Gasteiger partial charge in [0.1, 0.15) is 24.8 Å². The fourth-order valence-electron chi connectivity index (χ4n) is 5.79. The molecule has 0 aromatic heterocycles. The van der Waals surface area contributed by atoms with Crippen LogP contribution in [0.4, 0.5) is 5.69 Å². The fourth-order valence-corrected chi connectivity index (χ4v) is 6.15. The number of ketones is 1. The number of anilines is 1. The highest BCUT2D eigenvalue weighted by molar-refractivity contribution is 7.59. The number of Topliss-reactive ketones (excluding diaryl/α,β-unsaturated/α-hetero) is 1. The van der Waals surface area contributed by atoms with E-state index in [0.717, 1.165) is 57.5 Å². The van der Waals surface area contributed by atoms with Crippen molar-refractivity contribution < 1.29 is 19.1 Å². The topological polar surface area (TPSA) is 82.2 Å². The number of nitrogens with one attached hydrogen (secondary N) is 1. The number of likely N-dealkylation sites (N-methyl/N-ethyl adjacent to an activating group) is 1. The first kappa shape index (κ1) is 35.3. The molecule has 8 nitrogen and oxygen atoms in total. The quantitative estimate of drug-likeness (QED) is 0.505. The highest BCUT2D eigenvalue weighted by atomic mass is 35.5. The van der Waals surface area contributed by atoms with Crippen LogP contribution in [0.1, 0.15) is 36.0 Å². The van der Waals surface area contributed by atoms with E-state index >= 15 is 0 Å². The van der Waals surface area contributed by atoms with Crippen LogP contribution in [0.5, 0.6) is 0 Å². The minimum Gasteiger partial charge on any atom is -0.369 e. The molecule has 3 heterocycles. The number of carbonyl (C=O) groups is 3. The number of fused-ring (bicyclic) bond motifs is 1. The predicted molar refractivity (Wildman–Crippen MR) is 171 cm³/mol. The third kappa shape index (κ3) is 7.30. The van der Waals surface area contributed by atoms with E-state index in [2.05, 4.69) is 22.2 Å². The van der Waals surface area contributed by atoms with E-state index in [-0.39, 0.29) is 90.6 Å². The van der Waals surface area contributed by atoms with Gasteiger partial charge in [-0.2, -0.15) is 54.0 Å². The molecule has 2 amide bonds. The standard InChI is InChI=1S/C25H33ClN4O4.4H2S/c1-28-10-12-29(13-11-28)18-8-6-17(7-9-18)24(32)27-21(16-4-2-3-5-16)25(33)30-14-19(26)23-22(30)20(31)15-34-23;;;;/h6-9,16,19,21-23H,2-5,10-15H2,1H3,(H,27,32);4*1H2/t19-,21+,22-,23-;;;;/m1..../s1. The second kappa shape index (κ2) is 15.3. The summed E-state index contributed by atoms with van der Waals surface area (Å²) in [5, 5.41) is 2.61. The zero-order chi connectivity index (χ0) is 23.8. The van der Waals surface area contributed by atoms with E-state index < -0.39 is 23.6 Å². The number of benzene rings is 1. The first-order valence-corrected chi connectivity index (χ1v) is 12.8. The first-order chi connectivity index (χ1) is 16.4. The molecule has 13 heteroatoms. The van der Waals surface area contributed by atoms with Gasteiger partial charge in [-0.15, -0.1) is 11.6 Å². The van der Waals surface area contributed by atoms with Crippen LogP contribution in [0.25, 0.3) is 0 Å². The van der Waals surface area contributed by atoms with Crippen LogP contribution in [-0.4, -0.2) is 97.3 Å². The summed E-state index contributed by atoms with van der Waals surface area (Å²) >= 11 is 6.41. The molecule has 0 spiro atoms. The van der Waals surface area contributed by atoms with E-state index in [4.69, 9.17) is 16.3 Å². The molecule has 38 heavy (non-hydrogen) atoms. The third-order valence-corrected chi connectivity index (χ3v) is 8.21. The molecule has 0 bridgehead atoms. The number of piperazine rings is 1. The number of carbonyl (C=O) groups excluding carboxylic acids is 3. The number of ether oxygens (including phenoxy) is 1. The Bertz CT molecular complexity index is 946. The molecule has 0 radical (unpaired) electrons. The molecule has 1 aromatic carbocycles. The molecule has 216 valence electrons. The van der Waals surface area contributed by atoms with Gasteiger partial charge in [-0.05, 0) is 50.1 Å². The number of nitrogens with zero attached hydrogens (tertiary/aromatic N) is 3. The van der Waals surface area contributed by atoms with E-state index in [9.17, 15) is 14.4 Å². The summed E-state index contributed by atoms with van der Waals surface area (Å²) in [6.45, 7) is 4.21. The van der Waals surface area contributed by atoms with Crippen molar-refractivity contribution >= 4 is 88.9 Å². The Morgan fingerprint density at radius 2 is 1.61 bits per heavy atom. The normalized spacial score (nSPS) is 25.8. The first-order valence-electron chi connectivity index (χ1n) is 12.4. The summed E-state index contributed by atoms with van der Waals surface area (Å²) in [5.41, 5.74) is 1.63. The summed E-state index contributed by atoms with van der Waals surface area (Å²) in [6, 6.07) is 6.30. The summed E-state index contributed by atoms with van der Waals surface area (Å²) in [7, 11) is 2.12. The van der Waals surface area contributed by atoms with Gasteiger partial charge >= 0.3 is 0 Å². The molecular weight excluding hydrogens is 584 g/mol. The van der Waals surface area contributed by atoms with Crippen molar-refractivity contribution in [3.8, 4) is 0 Å². The van der Waals surface area contributed by atoms with Gasteiger partial charge in [0.15, 0.2) is 5.78 Å². The van der Waals surface area contributed by atoms with Crippen molar-refractivity contribution in [2.45, 2.75) is 49.2 Å². The molecule has 1 aromatic rings. The zero-order valence-corrected chi connectivity index (χ0v) is 26.4. The minimum atomic E-state index is -0.664. The number of alkyl halides is 1. The largest absolute Gasteiger partial charge is 0.369 e. The van der Waals surface area contributed by atoms with Crippen molar-refractivity contribution in [2.24, 2.45) is 5.92 Å². The van der Waals surface area contributed by atoms with Gasteiger partial charge < -0.3 is 24.8 Å². The van der Waals surface area contributed by atoms with E-state index in [0.29, 0.717) is 5.56 Å². The van der Waals surface area contributed by atoms with Crippen LogP contribution in [0.2, 0.25) is 0 Å². The highest BCUT2D eigenvalue weighted by Gasteiger charge is 2.53. The summed E-state index contributed by atoms with van der Waals surface area (Å²) in [4.78, 5) is 45.4. The molecular formula is C25H41ClN4O4S4. The van der Waals surface area contributed by atoms with Crippen molar-refractivity contribution in [2.75, 3.05) is 51.3 Å². The molecule has 4 aliphatic rings. The lowest BCUT2D eigenvalue weighted by atomic mass is 9.95. The number of hydrogen-bond donors (Lipinski definition) is 1. The summed E-state index contributed by atoms with van der Waals surface area (Å²) in [6.07, 6.45) is 3.39. The van der Waals surface area contributed by atoms with Crippen molar-refractivity contribution in [3.63, 3.8) is 0 Å². The smallest absolute Gasteiger partial charge is 0.251 e. The molecule has 4 fully saturated rings. The minimum absolute atomic E-state index is 0. The van der Waals surface area contributed by atoms with Gasteiger partial charge in [0.25, 0.3) is 5.91 Å². The van der Waals surface area contributed by atoms with Crippen molar-refractivity contribution in [3.05, 3.63) is 29.8 Å². The third-order valence-electron chi connectivity index (χ3n) is 7.83. The van der Waals surface area contributed by atoms with Gasteiger partial charge in [-0.3, -0.25) is 14.4 Å². The average molecular weight is 625 g/mol. The number of likely N-dealkylation sites (tertiary alicyclic amines) is 1. The monoisotopic (exact) mass is 624 g/mol. The Kier molecular flexibility index (Phi) is 14.2. The van der Waals surface area contributed by atoms with Crippen LogP contribution in [0.15, 0.2) is 24.3 Å². The van der Waals surface area contributed by atoms with E-state index in [1.807, 2.05) is 24.3 Å². The second-order valence-electron chi connectivity index (χ2n) is 10.0. The van der Waals surface area contributed by atoms with Crippen LogP contribution in [-0.2, 0) is 14.3 Å². The Balaban J connectivity index is 0.00000180. The number of hydrogen-bond acceptors (Lipinski definition) is 6. The molecule has 1 saturated carbocycles. The van der Waals surface area contributed by atoms with Gasteiger partial charge in [0, 0.05) is 44.0 Å². The molecule has 4 atom stereocenters. The van der Waals surface area contributed by atoms with E-state index in [1.54, 1.807) is 4.90 Å². The molecule has 3 aliphatic heterocycles. The van der Waals surface area contributed by atoms with Gasteiger partial charge in [-0.25, -0.2) is 0 Å². The van der Waals surface area contributed by atoms with Crippen molar-refractivity contribution in [1.29, 1.82) is 0 Å². The maximum Gasteiger partial charge on any atom is 0.251 e. The van der Waals surface area contributed by atoms with Gasteiger partial charge in [0.2, 0.25) is 5.91 Å². The second-order valence-corrected chi connectivity index (χ2v) is 10.6. The number of rotatable bonds is 5.